The third kappa shape index (κ3) is 4.00. The van der Waals surface area contributed by atoms with E-state index >= 15 is 8.78 Å². The van der Waals surface area contributed by atoms with Gasteiger partial charge >= 0.3 is 0 Å². The molecule has 1 saturated heterocycles. The van der Waals surface area contributed by atoms with Gasteiger partial charge in [0.1, 0.15) is 35.2 Å². The number of hydrogen-bond acceptors (Lipinski definition) is 5. The molecule has 9 heteroatoms. The minimum atomic E-state index is -1.63. The standard InChI is InChI=1S/C28H27F3N6/c1-15-20(16-4-5-16)12-22(30)26(24(15)31)37-27(17-6-7-18(13-32)21(29)11-17)35-25-23(8-9-34-28(25)37)36-10-2-3-19(33)14-36/h6-9,11-12,15-16,19,24H,2-5,10,14,33H2,1H3/t15?,19-,24?/m1/s1. The molecule has 3 atom stereocenters. The Kier molecular flexibility index (Phi) is 5.80. The molecule has 1 aliphatic heterocycles. The molecule has 6 nitrogen and oxygen atoms in total. The van der Waals surface area contributed by atoms with Crippen LogP contribution in [0.15, 0.2) is 47.9 Å². The molecule has 3 heterocycles. The normalized spacial score (nSPS) is 24.4. The number of nitriles is 1. The number of alkyl halides is 1. The van der Waals surface area contributed by atoms with Crippen LogP contribution in [0.25, 0.3) is 28.2 Å². The van der Waals surface area contributed by atoms with Gasteiger partial charge in [0.15, 0.2) is 5.65 Å². The van der Waals surface area contributed by atoms with Crippen molar-refractivity contribution >= 4 is 22.5 Å². The molecule has 2 fully saturated rings. The molecule has 1 aromatic carbocycles. The van der Waals surface area contributed by atoms with Crippen LogP contribution in [0.1, 0.15) is 38.2 Å². The zero-order chi connectivity index (χ0) is 25.8. The number of hydrogen-bond donors (Lipinski definition) is 1. The Morgan fingerprint density at radius 1 is 1.16 bits per heavy atom. The maximum Gasteiger partial charge on any atom is 0.167 e. The molecular formula is C28H27F3N6. The predicted molar refractivity (Wildman–Crippen MR) is 136 cm³/mol. The van der Waals surface area contributed by atoms with Crippen molar-refractivity contribution in [3.8, 4) is 17.5 Å². The average Bonchev–Trinajstić information content (AvgIpc) is 3.66. The number of allylic oxidation sites excluding steroid dienone is 4. The molecule has 3 aromatic rings. The van der Waals surface area contributed by atoms with Crippen LogP contribution in [0.5, 0.6) is 0 Å². The lowest BCUT2D eigenvalue weighted by Gasteiger charge is -2.32. The van der Waals surface area contributed by atoms with E-state index < -0.39 is 23.7 Å². The highest BCUT2D eigenvalue weighted by molar-refractivity contribution is 5.92. The van der Waals surface area contributed by atoms with E-state index in [1.54, 1.807) is 25.3 Å². The Hall–Kier alpha value is -3.64. The van der Waals surface area contributed by atoms with Gasteiger partial charge in [0.2, 0.25) is 0 Å². The molecule has 2 unspecified atom stereocenters. The summed E-state index contributed by atoms with van der Waals surface area (Å²) in [5.74, 6) is -1.52. The highest BCUT2D eigenvalue weighted by Crippen LogP contribution is 2.48. The summed E-state index contributed by atoms with van der Waals surface area (Å²) < 4.78 is 47.9. The van der Waals surface area contributed by atoms with E-state index in [-0.39, 0.29) is 29.0 Å². The highest BCUT2D eigenvalue weighted by atomic mass is 19.1. The molecule has 2 N–H and O–H groups in total. The van der Waals surface area contributed by atoms with Crippen molar-refractivity contribution in [2.75, 3.05) is 18.0 Å². The summed E-state index contributed by atoms with van der Waals surface area (Å²) in [6.45, 7) is 3.17. The summed E-state index contributed by atoms with van der Waals surface area (Å²) in [7, 11) is 0. The van der Waals surface area contributed by atoms with Gasteiger partial charge in [0.05, 0.1) is 16.9 Å². The lowest BCUT2D eigenvalue weighted by molar-refractivity contribution is 0.313. The van der Waals surface area contributed by atoms with Gasteiger partial charge in [0.25, 0.3) is 0 Å². The minimum absolute atomic E-state index is 0.00620. The Labute approximate surface area is 212 Å². The minimum Gasteiger partial charge on any atom is -0.368 e. The van der Waals surface area contributed by atoms with Crippen molar-refractivity contribution in [2.45, 2.75) is 44.8 Å². The number of anilines is 1. The van der Waals surface area contributed by atoms with Crippen molar-refractivity contribution in [1.82, 2.24) is 14.5 Å². The fraction of sp³-hybridized carbons (Fsp3) is 0.393. The van der Waals surface area contributed by atoms with Gasteiger partial charge in [-0.05, 0) is 61.9 Å². The zero-order valence-corrected chi connectivity index (χ0v) is 20.5. The van der Waals surface area contributed by atoms with Gasteiger partial charge in [-0.2, -0.15) is 5.26 Å². The van der Waals surface area contributed by atoms with Crippen LogP contribution in [0, 0.1) is 29.0 Å². The predicted octanol–water partition coefficient (Wildman–Crippen LogP) is 5.50. The molecule has 0 radical (unpaired) electrons. The third-order valence-electron chi connectivity index (χ3n) is 7.72. The summed E-state index contributed by atoms with van der Waals surface area (Å²) in [5, 5.41) is 9.18. The first-order chi connectivity index (χ1) is 17.9. The number of rotatable bonds is 4. The Balaban J connectivity index is 1.60. The van der Waals surface area contributed by atoms with Crippen LogP contribution in [0.3, 0.4) is 0 Å². The van der Waals surface area contributed by atoms with Gasteiger partial charge in [0, 0.05) is 36.8 Å². The SMILES string of the molecule is CC1C(C2CC2)=CC(F)=C(n2c(-c3ccc(C#N)c(F)c3)nc3c(N4CCC[C@@H](N)C4)ccnc32)C1F. The first-order valence-electron chi connectivity index (χ1n) is 12.7. The smallest absolute Gasteiger partial charge is 0.167 e. The lowest BCUT2D eigenvalue weighted by atomic mass is 9.86. The van der Waals surface area contributed by atoms with Crippen LogP contribution in [0.2, 0.25) is 0 Å². The first-order valence-corrected chi connectivity index (χ1v) is 12.7. The number of benzene rings is 1. The van der Waals surface area contributed by atoms with Crippen LogP contribution < -0.4 is 10.6 Å². The number of piperidine rings is 1. The Morgan fingerprint density at radius 3 is 2.68 bits per heavy atom. The maximum atomic E-state index is 16.1. The molecule has 0 amide bonds. The molecule has 190 valence electrons. The second-order valence-corrected chi connectivity index (χ2v) is 10.3. The van der Waals surface area contributed by atoms with Crippen molar-refractivity contribution in [2.24, 2.45) is 17.6 Å². The Bertz CT molecular complexity index is 1500. The second kappa shape index (κ2) is 9.03. The largest absolute Gasteiger partial charge is 0.368 e. The van der Waals surface area contributed by atoms with Crippen molar-refractivity contribution in [3.63, 3.8) is 0 Å². The fourth-order valence-corrected chi connectivity index (χ4v) is 5.64. The van der Waals surface area contributed by atoms with E-state index in [9.17, 15) is 9.65 Å². The van der Waals surface area contributed by atoms with Gasteiger partial charge in [-0.3, -0.25) is 4.57 Å². The number of fused-ring (bicyclic) bond motifs is 1. The highest BCUT2D eigenvalue weighted by Gasteiger charge is 2.40. The zero-order valence-electron chi connectivity index (χ0n) is 20.5. The fourth-order valence-electron chi connectivity index (χ4n) is 5.64. The molecular weight excluding hydrogens is 477 g/mol. The Morgan fingerprint density at radius 2 is 1.97 bits per heavy atom. The van der Waals surface area contributed by atoms with E-state index in [1.807, 2.05) is 6.07 Å². The number of imidazole rings is 1. The summed E-state index contributed by atoms with van der Waals surface area (Å²) in [5.41, 5.74) is 8.54. The van der Waals surface area contributed by atoms with E-state index in [0.717, 1.165) is 43.5 Å². The van der Waals surface area contributed by atoms with E-state index in [4.69, 9.17) is 10.7 Å². The lowest BCUT2D eigenvalue weighted by Crippen LogP contribution is -2.42. The van der Waals surface area contributed by atoms with Crippen LogP contribution in [0.4, 0.5) is 18.9 Å². The van der Waals surface area contributed by atoms with Crippen LogP contribution >= 0.6 is 0 Å². The topological polar surface area (TPSA) is 83.8 Å². The summed E-state index contributed by atoms with van der Waals surface area (Å²) in [6, 6.07) is 7.70. The molecule has 0 spiro atoms. The molecule has 0 bridgehead atoms. The molecule has 6 rings (SSSR count). The van der Waals surface area contributed by atoms with Gasteiger partial charge in [-0.15, -0.1) is 0 Å². The number of nitrogens with zero attached hydrogens (tertiary/aromatic N) is 5. The van der Waals surface area contributed by atoms with Gasteiger partial charge < -0.3 is 10.6 Å². The summed E-state index contributed by atoms with van der Waals surface area (Å²) >= 11 is 0. The average molecular weight is 505 g/mol. The van der Waals surface area contributed by atoms with Crippen LogP contribution in [-0.2, 0) is 0 Å². The number of aromatic nitrogens is 3. The van der Waals surface area contributed by atoms with Gasteiger partial charge in [-0.25, -0.2) is 23.1 Å². The van der Waals surface area contributed by atoms with E-state index in [0.29, 0.717) is 23.3 Å². The molecule has 1 saturated carbocycles. The quantitative estimate of drug-likeness (QED) is 0.507. The second-order valence-electron chi connectivity index (χ2n) is 10.3. The summed E-state index contributed by atoms with van der Waals surface area (Å²) in [6.07, 6.45) is 5.14. The van der Waals surface area contributed by atoms with E-state index in [2.05, 4.69) is 9.88 Å². The number of nitrogens with two attached hydrogens (primary N) is 1. The monoisotopic (exact) mass is 504 g/mol. The number of halogens is 3. The maximum absolute atomic E-state index is 16.1. The molecule has 2 aromatic heterocycles. The summed E-state index contributed by atoms with van der Waals surface area (Å²) in [4.78, 5) is 11.4. The van der Waals surface area contributed by atoms with E-state index in [1.165, 1.54) is 22.8 Å². The van der Waals surface area contributed by atoms with Crippen molar-refractivity contribution < 1.29 is 13.2 Å². The molecule has 3 aliphatic rings. The first kappa shape index (κ1) is 23.7. The number of pyridine rings is 1. The van der Waals surface area contributed by atoms with Crippen LogP contribution in [-0.4, -0.2) is 39.8 Å². The third-order valence-corrected chi connectivity index (χ3v) is 7.72. The molecule has 2 aliphatic carbocycles. The molecule has 37 heavy (non-hydrogen) atoms. The van der Waals surface area contributed by atoms with Crippen molar-refractivity contribution in [1.29, 1.82) is 5.26 Å². The van der Waals surface area contributed by atoms with Crippen molar-refractivity contribution in [3.05, 3.63) is 59.3 Å². The van der Waals surface area contributed by atoms with Gasteiger partial charge in [-0.1, -0.05) is 12.5 Å².